The van der Waals surface area contributed by atoms with Gasteiger partial charge in [-0.05, 0) is 18.2 Å². The standard InChI is InChI=1S/C15H12ClFN4/c16-12-8-11(6-7-13(12)17)21-15(14(9-18)19-20-21)10-4-2-1-3-5-10/h1-8H,9,18H2. The molecular weight excluding hydrogens is 291 g/mol. The highest BCUT2D eigenvalue weighted by Gasteiger charge is 2.15. The Hall–Kier alpha value is -2.24. The fourth-order valence-corrected chi connectivity index (χ4v) is 2.31. The first-order chi connectivity index (χ1) is 10.2. The number of hydrogen-bond donors (Lipinski definition) is 1. The molecule has 2 aromatic carbocycles. The van der Waals surface area contributed by atoms with Gasteiger partial charge in [-0.2, -0.15) is 0 Å². The largest absolute Gasteiger partial charge is 0.325 e. The molecule has 2 N–H and O–H groups in total. The van der Waals surface area contributed by atoms with E-state index >= 15 is 0 Å². The molecule has 0 aliphatic carbocycles. The Bertz CT molecular complexity index is 771. The van der Waals surface area contributed by atoms with Gasteiger partial charge in [-0.15, -0.1) is 5.10 Å². The zero-order valence-corrected chi connectivity index (χ0v) is 11.8. The highest BCUT2D eigenvalue weighted by Crippen LogP contribution is 2.26. The fourth-order valence-electron chi connectivity index (χ4n) is 2.13. The summed E-state index contributed by atoms with van der Waals surface area (Å²) in [5, 5.41) is 8.24. The van der Waals surface area contributed by atoms with E-state index in [2.05, 4.69) is 10.3 Å². The number of aromatic nitrogens is 3. The second-order valence-electron chi connectivity index (χ2n) is 4.47. The van der Waals surface area contributed by atoms with Crippen molar-refractivity contribution in [3.05, 3.63) is 65.1 Å². The van der Waals surface area contributed by atoms with E-state index in [4.69, 9.17) is 17.3 Å². The molecule has 0 saturated carbocycles. The molecule has 0 spiro atoms. The number of nitrogens with zero attached hydrogens (tertiary/aromatic N) is 3. The van der Waals surface area contributed by atoms with Crippen LogP contribution in [0.1, 0.15) is 5.69 Å². The normalized spacial score (nSPS) is 10.8. The molecule has 0 aliphatic rings. The van der Waals surface area contributed by atoms with Gasteiger partial charge in [0, 0.05) is 12.1 Å². The van der Waals surface area contributed by atoms with Crippen molar-refractivity contribution in [1.82, 2.24) is 15.0 Å². The zero-order valence-electron chi connectivity index (χ0n) is 11.0. The molecule has 21 heavy (non-hydrogen) atoms. The Balaban J connectivity index is 2.20. The van der Waals surface area contributed by atoms with Crippen LogP contribution in [0.2, 0.25) is 5.02 Å². The summed E-state index contributed by atoms with van der Waals surface area (Å²) >= 11 is 5.84. The van der Waals surface area contributed by atoms with Crippen LogP contribution in [-0.2, 0) is 6.54 Å². The average Bonchev–Trinajstić information content (AvgIpc) is 2.95. The van der Waals surface area contributed by atoms with Crippen LogP contribution < -0.4 is 5.73 Å². The van der Waals surface area contributed by atoms with Crippen molar-refractivity contribution in [2.75, 3.05) is 0 Å². The molecule has 3 aromatic rings. The summed E-state index contributed by atoms with van der Waals surface area (Å²) in [7, 11) is 0. The lowest BCUT2D eigenvalue weighted by atomic mass is 10.1. The molecule has 3 rings (SSSR count). The van der Waals surface area contributed by atoms with Crippen molar-refractivity contribution in [3.63, 3.8) is 0 Å². The lowest BCUT2D eigenvalue weighted by Crippen LogP contribution is -2.02. The molecular formula is C15H12ClFN4. The van der Waals surface area contributed by atoms with Crippen molar-refractivity contribution < 1.29 is 4.39 Å². The number of nitrogens with two attached hydrogens (primary N) is 1. The van der Waals surface area contributed by atoms with Gasteiger partial charge in [0.1, 0.15) is 11.5 Å². The van der Waals surface area contributed by atoms with Crippen LogP contribution in [0.4, 0.5) is 4.39 Å². The van der Waals surface area contributed by atoms with E-state index in [1.165, 1.54) is 12.1 Å². The molecule has 106 valence electrons. The summed E-state index contributed by atoms with van der Waals surface area (Å²) in [6.45, 7) is 0.263. The van der Waals surface area contributed by atoms with Crippen molar-refractivity contribution in [2.45, 2.75) is 6.54 Å². The first-order valence-corrected chi connectivity index (χ1v) is 6.74. The van der Waals surface area contributed by atoms with Crippen LogP contribution in [0, 0.1) is 5.82 Å². The molecule has 0 radical (unpaired) electrons. The minimum atomic E-state index is -0.471. The molecule has 0 atom stereocenters. The van der Waals surface area contributed by atoms with Crippen LogP contribution in [0.5, 0.6) is 0 Å². The molecule has 0 amide bonds. The van der Waals surface area contributed by atoms with Crippen molar-refractivity contribution in [3.8, 4) is 16.9 Å². The van der Waals surface area contributed by atoms with E-state index in [9.17, 15) is 4.39 Å². The summed E-state index contributed by atoms with van der Waals surface area (Å²) < 4.78 is 14.9. The van der Waals surface area contributed by atoms with Crippen LogP contribution in [0.15, 0.2) is 48.5 Å². The average molecular weight is 303 g/mol. The fraction of sp³-hybridized carbons (Fsp3) is 0.0667. The number of benzene rings is 2. The minimum absolute atomic E-state index is 0.0383. The monoisotopic (exact) mass is 302 g/mol. The first-order valence-electron chi connectivity index (χ1n) is 6.36. The van der Waals surface area contributed by atoms with E-state index < -0.39 is 5.82 Å². The van der Waals surface area contributed by atoms with Gasteiger partial charge >= 0.3 is 0 Å². The van der Waals surface area contributed by atoms with Gasteiger partial charge in [-0.25, -0.2) is 9.07 Å². The molecule has 0 saturated heterocycles. The maximum atomic E-state index is 13.3. The maximum absolute atomic E-state index is 13.3. The van der Waals surface area contributed by atoms with E-state index in [-0.39, 0.29) is 11.6 Å². The summed E-state index contributed by atoms with van der Waals surface area (Å²) in [5.74, 6) is -0.471. The molecule has 0 fully saturated rings. The summed E-state index contributed by atoms with van der Waals surface area (Å²) in [6.07, 6.45) is 0. The third kappa shape index (κ3) is 2.53. The number of rotatable bonds is 3. The molecule has 0 unspecified atom stereocenters. The molecule has 0 bridgehead atoms. The van der Waals surface area contributed by atoms with Crippen LogP contribution >= 0.6 is 11.6 Å². The molecule has 1 aromatic heterocycles. The third-order valence-electron chi connectivity index (χ3n) is 3.13. The lowest BCUT2D eigenvalue weighted by Gasteiger charge is -2.08. The van der Waals surface area contributed by atoms with Crippen LogP contribution in [-0.4, -0.2) is 15.0 Å². The van der Waals surface area contributed by atoms with Gasteiger partial charge in [-0.3, -0.25) is 0 Å². The van der Waals surface area contributed by atoms with E-state index in [1.54, 1.807) is 10.7 Å². The Morgan fingerprint density at radius 1 is 1.14 bits per heavy atom. The van der Waals surface area contributed by atoms with Gasteiger partial charge in [0.15, 0.2) is 0 Å². The molecule has 4 nitrogen and oxygen atoms in total. The second kappa shape index (κ2) is 5.63. The predicted molar refractivity (Wildman–Crippen MR) is 79.7 cm³/mol. The minimum Gasteiger partial charge on any atom is -0.325 e. The Morgan fingerprint density at radius 3 is 2.57 bits per heavy atom. The van der Waals surface area contributed by atoms with Gasteiger partial charge in [0.2, 0.25) is 0 Å². The summed E-state index contributed by atoms with van der Waals surface area (Å²) in [4.78, 5) is 0. The molecule has 0 aliphatic heterocycles. The van der Waals surface area contributed by atoms with Crippen molar-refractivity contribution >= 4 is 11.6 Å². The number of halogens is 2. The van der Waals surface area contributed by atoms with Gasteiger partial charge in [0.05, 0.1) is 16.4 Å². The van der Waals surface area contributed by atoms with Crippen LogP contribution in [0.3, 0.4) is 0 Å². The van der Waals surface area contributed by atoms with E-state index in [0.29, 0.717) is 11.4 Å². The highest BCUT2D eigenvalue weighted by molar-refractivity contribution is 6.30. The summed E-state index contributed by atoms with van der Waals surface area (Å²) in [5.41, 5.74) is 8.74. The predicted octanol–water partition coefficient (Wildman–Crippen LogP) is 3.19. The lowest BCUT2D eigenvalue weighted by molar-refractivity contribution is 0.627. The number of hydrogen-bond acceptors (Lipinski definition) is 3. The van der Waals surface area contributed by atoms with Crippen molar-refractivity contribution in [2.24, 2.45) is 5.73 Å². The third-order valence-corrected chi connectivity index (χ3v) is 3.42. The summed E-state index contributed by atoms with van der Waals surface area (Å²) in [6, 6.07) is 14.1. The molecule has 1 heterocycles. The Morgan fingerprint density at radius 2 is 1.90 bits per heavy atom. The Kier molecular flexibility index (Phi) is 3.68. The zero-order chi connectivity index (χ0) is 14.8. The van der Waals surface area contributed by atoms with Crippen molar-refractivity contribution in [1.29, 1.82) is 0 Å². The van der Waals surface area contributed by atoms with Crippen LogP contribution in [0.25, 0.3) is 16.9 Å². The van der Waals surface area contributed by atoms with E-state index in [0.717, 1.165) is 11.3 Å². The molecule has 6 heteroatoms. The smallest absolute Gasteiger partial charge is 0.141 e. The highest BCUT2D eigenvalue weighted by atomic mass is 35.5. The maximum Gasteiger partial charge on any atom is 0.141 e. The SMILES string of the molecule is NCc1nnn(-c2ccc(F)c(Cl)c2)c1-c1ccccc1. The Labute approximate surface area is 126 Å². The quantitative estimate of drug-likeness (QED) is 0.808. The van der Waals surface area contributed by atoms with Gasteiger partial charge < -0.3 is 5.73 Å². The van der Waals surface area contributed by atoms with E-state index in [1.807, 2.05) is 30.3 Å². The van der Waals surface area contributed by atoms with Gasteiger partial charge in [-0.1, -0.05) is 47.1 Å². The first kappa shape index (κ1) is 13.7. The topological polar surface area (TPSA) is 56.7 Å². The van der Waals surface area contributed by atoms with Gasteiger partial charge in [0.25, 0.3) is 0 Å². The second-order valence-corrected chi connectivity index (χ2v) is 4.87.